The first-order valence-electron chi connectivity index (χ1n) is 9.97. The van der Waals surface area contributed by atoms with E-state index in [1.165, 1.54) is 31.5 Å². The lowest BCUT2D eigenvalue weighted by atomic mass is 10.1. The monoisotopic (exact) mass is 382 g/mol. The fraction of sp³-hybridized carbons (Fsp3) is 0.476. The third-order valence-corrected chi connectivity index (χ3v) is 5.42. The Morgan fingerprint density at radius 1 is 1.14 bits per heavy atom. The van der Waals surface area contributed by atoms with Crippen LogP contribution >= 0.6 is 0 Å². The van der Waals surface area contributed by atoms with Crippen molar-refractivity contribution in [1.29, 1.82) is 0 Å². The minimum atomic E-state index is -1.01. The molecule has 148 valence electrons. The van der Waals surface area contributed by atoms with Crippen molar-refractivity contribution in [2.75, 3.05) is 37.7 Å². The number of carbonyl (C=O) groups is 1. The fourth-order valence-electron chi connectivity index (χ4n) is 3.87. The number of anilines is 1. The summed E-state index contributed by atoms with van der Waals surface area (Å²) in [5.74, 6) is -0.297. The normalized spacial score (nSPS) is 16.8. The van der Waals surface area contributed by atoms with E-state index in [1.807, 2.05) is 12.1 Å². The van der Waals surface area contributed by atoms with Crippen molar-refractivity contribution in [3.8, 4) is 5.88 Å². The van der Waals surface area contributed by atoms with Gasteiger partial charge in [0, 0.05) is 32.1 Å². The summed E-state index contributed by atoms with van der Waals surface area (Å²) in [5.41, 5.74) is 3.26. The molecule has 7 nitrogen and oxygen atoms in total. The number of pyridine rings is 2. The molecule has 1 N–H and O–H groups in total. The summed E-state index contributed by atoms with van der Waals surface area (Å²) in [6.45, 7) is 5.83. The van der Waals surface area contributed by atoms with Gasteiger partial charge in [0.1, 0.15) is 5.69 Å². The highest BCUT2D eigenvalue weighted by molar-refractivity contribution is 5.85. The molecule has 28 heavy (non-hydrogen) atoms. The van der Waals surface area contributed by atoms with E-state index in [9.17, 15) is 4.79 Å². The number of rotatable bonds is 7. The highest BCUT2D eigenvalue weighted by atomic mass is 16.5. The maximum absolute atomic E-state index is 10.9. The van der Waals surface area contributed by atoms with E-state index < -0.39 is 5.97 Å². The molecule has 0 bridgehead atoms. The quantitative estimate of drug-likeness (QED) is 0.738. The summed E-state index contributed by atoms with van der Waals surface area (Å²) in [5, 5.41) is 8.98. The molecule has 0 radical (unpaired) electrons. The predicted molar refractivity (Wildman–Crippen MR) is 106 cm³/mol. The molecule has 0 unspecified atom stereocenters. The average Bonchev–Trinajstić information content (AvgIpc) is 3.24. The number of aromatic nitrogens is 2. The van der Waals surface area contributed by atoms with Crippen molar-refractivity contribution >= 4 is 11.7 Å². The SMILES string of the molecule is O=C(O)c1ccc(N2CCc3nc(OCCCN4CCCC4)ccc3C2)cn1. The molecule has 0 aromatic carbocycles. The molecule has 0 amide bonds. The Bertz CT molecular complexity index is 819. The molecule has 0 atom stereocenters. The van der Waals surface area contributed by atoms with Crippen LogP contribution in [0.1, 0.15) is 41.0 Å². The molecular weight excluding hydrogens is 356 g/mol. The second kappa shape index (κ2) is 8.56. The molecule has 4 rings (SSSR count). The number of likely N-dealkylation sites (tertiary alicyclic amines) is 1. The van der Waals surface area contributed by atoms with Crippen LogP contribution in [0.2, 0.25) is 0 Å². The van der Waals surface area contributed by atoms with Crippen LogP contribution in [0.4, 0.5) is 5.69 Å². The first-order valence-corrected chi connectivity index (χ1v) is 9.97. The molecule has 0 saturated carbocycles. The molecule has 1 fully saturated rings. The highest BCUT2D eigenvalue weighted by Crippen LogP contribution is 2.25. The minimum absolute atomic E-state index is 0.0642. The van der Waals surface area contributed by atoms with E-state index in [2.05, 4.69) is 20.9 Å². The Morgan fingerprint density at radius 3 is 2.75 bits per heavy atom. The van der Waals surface area contributed by atoms with Gasteiger partial charge < -0.3 is 19.6 Å². The van der Waals surface area contributed by atoms with E-state index in [4.69, 9.17) is 14.8 Å². The summed E-state index contributed by atoms with van der Waals surface area (Å²) in [6, 6.07) is 7.39. The number of nitrogens with zero attached hydrogens (tertiary/aromatic N) is 4. The maximum Gasteiger partial charge on any atom is 0.354 e. The number of carboxylic acid groups (broad SMARTS) is 1. The predicted octanol–water partition coefficient (Wildman–Crippen LogP) is 2.60. The molecule has 0 spiro atoms. The Morgan fingerprint density at radius 2 is 2.00 bits per heavy atom. The van der Waals surface area contributed by atoms with Crippen molar-refractivity contribution in [2.45, 2.75) is 32.2 Å². The summed E-state index contributed by atoms with van der Waals surface area (Å²) in [6.07, 6.45) is 6.14. The van der Waals surface area contributed by atoms with Crippen molar-refractivity contribution in [1.82, 2.24) is 14.9 Å². The van der Waals surface area contributed by atoms with Gasteiger partial charge in [-0.15, -0.1) is 0 Å². The van der Waals surface area contributed by atoms with E-state index >= 15 is 0 Å². The van der Waals surface area contributed by atoms with Gasteiger partial charge in [-0.3, -0.25) is 0 Å². The van der Waals surface area contributed by atoms with Crippen LogP contribution in [-0.4, -0.2) is 58.7 Å². The van der Waals surface area contributed by atoms with Crippen LogP contribution in [-0.2, 0) is 13.0 Å². The molecule has 2 aliphatic rings. The number of ether oxygens (including phenoxy) is 1. The van der Waals surface area contributed by atoms with Gasteiger partial charge in [-0.1, -0.05) is 6.07 Å². The Hall–Kier alpha value is -2.67. The first-order chi connectivity index (χ1) is 13.7. The van der Waals surface area contributed by atoms with Crippen LogP contribution in [0.25, 0.3) is 0 Å². The molecular formula is C21H26N4O3. The lowest BCUT2D eigenvalue weighted by molar-refractivity contribution is 0.0690. The zero-order valence-corrected chi connectivity index (χ0v) is 16.0. The molecule has 0 aliphatic carbocycles. The van der Waals surface area contributed by atoms with E-state index in [0.717, 1.165) is 43.9 Å². The zero-order valence-electron chi connectivity index (χ0n) is 16.0. The number of hydrogen-bond acceptors (Lipinski definition) is 6. The second-order valence-corrected chi connectivity index (χ2v) is 7.38. The second-order valence-electron chi connectivity index (χ2n) is 7.38. The van der Waals surface area contributed by atoms with Gasteiger partial charge >= 0.3 is 5.97 Å². The topological polar surface area (TPSA) is 78.8 Å². The van der Waals surface area contributed by atoms with Gasteiger partial charge in [0.25, 0.3) is 0 Å². The maximum atomic E-state index is 10.9. The third kappa shape index (κ3) is 4.42. The van der Waals surface area contributed by atoms with Crippen molar-refractivity contribution < 1.29 is 14.6 Å². The fourth-order valence-corrected chi connectivity index (χ4v) is 3.87. The summed E-state index contributed by atoms with van der Waals surface area (Å²) in [4.78, 5) is 24.3. The highest BCUT2D eigenvalue weighted by Gasteiger charge is 2.19. The Balaban J connectivity index is 1.31. The van der Waals surface area contributed by atoms with Gasteiger partial charge in [0.05, 0.1) is 24.2 Å². The van der Waals surface area contributed by atoms with Crippen LogP contribution in [0.5, 0.6) is 5.88 Å². The molecule has 2 aliphatic heterocycles. The summed E-state index contributed by atoms with van der Waals surface area (Å²) < 4.78 is 5.86. The first kappa shape index (κ1) is 18.7. The van der Waals surface area contributed by atoms with E-state index in [1.54, 1.807) is 12.3 Å². The van der Waals surface area contributed by atoms with E-state index in [-0.39, 0.29) is 5.69 Å². The van der Waals surface area contributed by atoms with Gasteiger partial charge in [-0.05, 0) is 50.0 Å². The van der Waals surface area contributed by atoms with Crippen LogP contribution in [0, 0.1) is 0 Å². The zero-order chi connectivity index (χ0) is 19.3. The molecule has 2 aromatic heterocycles. The van der Waals surface area contributed by atoms with Crippen LogP contribution in [0.15, 0.2) is 30.5 Å². The summed E-state index contributed by atoms with van der Waals surface area (Å²) >= 11 is 0. The number of aromatic carboxylic acids is 1. The number of fused-ring (bicyclic) bond motifs is 1. The standard InChI is InChI=1S/C21H26N4O3/c26-21(27)19-6-5-17(14-22-19)25-12-8-18-16(15-25)4-7-20(23-18)28-13-3-11-24-9-1-2-10-24/h4-7,14H,1-3,8-13,15H2,(H,26,27). The molecule has 1 saturated heterocycles. The molecule has 7 heteroatoms. The lowest BCUT2D eigenvalue weighted by Gasteiger charge is -2.30. The molecule has 2 aromatic rings. The van der Waals surface area contributed by atoms with Gasteiger partial charge in [0.15, 0.2) is 0 Å². The minimum Gasteiger partial charge on any atom is -0.478 e. The van der Waals surface area contributed by atoms with Crippen LogP contribution < -0.4 is 9.64 Å². The van der Waals surface area contributed by atoms with Crippen molar-refractivity contribution in [3.63, 3.8) is 0 Å². The number of carboxylic acids is 1. The number of hydrogen-bond donors (Lipinski definition) is 1. The van der Waals surface area contributed by atoms with Crippen LogP contribution in [0.3, 0.4) is 0 Å². The van der Waals surface area contributed by atoms with Gasteiger partial charge in [-0.2, -0.15) is 0 Å². The molecule has 4 heterocycles. The smallest absolute Gasteiger partial charge is 0.354 e. The average molecular weight is 382 g/mol. The largest absolute Gasteiger partial charge is 0.478 e. The third-order valence-electron chi connectivity index (χ3n) is 5.42. The van der Waals surface area contributed by atoms with Gasteiger partial charge in [-0.25, -0.2) is 14.8 Å². The van der Waals surface area contributed by atoms with Crippen molar-refractivity contribution in [3.05, 3.63) is 47.4 Å². The lowest BCUT2D eigenvalue weighted by Crippen LogP contribution is -2.31. The van der Waals surface area contributed by atoms with Crippen molar-refractivity contribution in [2.24, 2.45) is 0 Å². The van der Waals surface area contributed by atoms with Gasteiger partial charge in [0.2, 0.25) is 5.88 Å². The Kier molecular flexibility index (Phi) is 5.71. The van der Waals surface area contributed by atoms with E-state index in [0.29, 0.717) is 12.5 Å². The Labute approximate surface area is 165 Å². The summed E-state index contributed by atoms with van der Waals surface area (Å²) in [7, 11) is 0.